The number of unbranched alkanes of at least 4 members (excludes halogenated alkanes) is 2. The van der Waals surface area contributed by atoms with Crippen molar-refractivity contribution < 1.29 is 14.6 Å². The molecule has 0 fully saturated rings. The Morgan fingerprint density at radius 2 is 2.00 bits per heavy atom. The summed E-state index contributed by atoms with van der Waals surface area (Å²) in [6, 6.07) is 3.72. The summed E-state index contributed by atoms with van der Waals surface area (Å²) < 4.78 is 5.17. The predicted molar refractivity (Wildman–Crippen MR) is 93.0 cm³/mol. The molecule has 2 aromatic rings. The van der Waals surface area contributed by atoms with E-state index in [0.29, 0.717) is 24.2 Å². The molecule has 0 aliphatic heterocycles. The largest absolute Gasteiger partial charge is 0.505 e. The SMILES string of the molecule is CCCCCOC(=O)CCn1nc2ccc(C(C)(C)C)c(O)c2n1. The number of carbonyl (C=O) groups excluding carboxylic acids is 1. The first-order valence-electron chi connectivity index (χ1n) is 8.56. The quantitative estimate of drug-likeness (QED) is 0.619. The van der Waals surface area contributed by atoms with Crippen molar-refractivity contribution in [2.45, 2.75) is 65.3 Å². The molecule has 0 amide bonds. The minimum atomic E-state index is -0.243. The fourth-order valence-corrected chi connectivity index (χ4v) is 2.52. The number of esters is 1. The Bertz CT molecular complexity index is 701. The highest BCUT2D eigenvalue weighted by molar-refractivity contribution is 5.82. The lowest BCUT2D eigenvalue weighted by Gasteiger charge is -2.19. The van der Waals surface area contributed by atoms with E-state index in [1.54, 1.807) is 0 Å². The van der Waals surface area contributed by atoms with Gasteiger partial charge >= 0.3 is 5.97 Å². The van der Waals surface area contributed by atoms with Gasteiger partial charge in [0.15, 0.2) is 5.52 Å². The van der Waals surface area contributed by atoms with Gasteiger partial charge in [-0.05, 0) is 17.9 Å². The molecule has 6 heteroatoms. The van der Waals surface area contributed by atoms with E-state index in [1.807, 2.05) is 32.9 Å². The zero-order valence-corrected chi connectivity index (χ0v) is 15.0. The van der Waals surface area contributed by atoms with Gasteiger partial charge in [0.25, 0.3) is 0 Å². The number of phenols is 1. The normalized spacial score (nSPS) is 11.8. The van der Waals surface area contributed by atoms with Gasteiger partial charge < -0.3 is 9.84 Å². The van der Waals surface area contributed by atoms with Gasteiger partial charge in [-0.1, -0.05) is 46.6 Å². The molecule has 0 spiro atoms. The van der Waals surface area contributed by atoms with Gasteiger partial charge in [-0.3, -0.25) is 4.79 Å². The van der Waals surface area contributed by atoms with Crippen LogP contribution in [0.2, 0.25) is 0 Å². The number of hydrogen-bond acceptors (Lipinski definition) is 5. The number of fused-ring (bicyclic) bond motifs is 1. The molecule has 6 nitrogen and oxygen atoms in total. The van der Waals surface area contributed by atoms with E-state index in [4.69, 9.17) is 4.74 Å². The molecular formula is C18H27N3O3. The first-order valence-corrected chi connectivity index (χ1v) is 8.56. The molecule has 2 rings (SSSR count). The molecule has 24 heavy (non-hydrogen) atoms. The molecule has 0 saturated carbocycles. The van der Waals surface area contributed by atoms with Crippen LogP contribution in [0.1, 0.15) is 58.9 Å². The highest BCUT2D eigenvalue weighted by Gasteiger charge is 2.21. The van der Waals surface area contributed by atoms with E-state index in [-0.39, 0.29) is 23.6 Å². The highest BCUT2D eigenvalue weighted by atomic mass is 16.5. The van der Waals surface area contributed by atoms with E-state index < -0.39 is 0 Å². The average Bonchev–Trinajstić information content (AvgIpc) is 2.93. The molecule has 132 valence electrons. The van der Waals surface area contributed by atoms with Crippen LogP contribution in [0.15, 0.2) is 12.1 Å². The maximum atomic E-state index is 11.7. The number of aromatic hydroxyl groups is 1. The maximum Gasteiger partial charge on any atom is 0.307 e. The summed E-state index contributed by atoms with van der Waals surface area (Å²) in [5.74, 6) is -0.0829. The van der Waals surface area contributed by atoms with Gasteiger partial charge in [-0.2, -0.15) is 9.90 Å². The zero-order chi connectivity index (χ0) is 17.7. The van der Waals surface area contributed by atoms with Gasteiger partial charge in [0, 0.05) is 5.56 Å². The van der Waals surface area contributed by atoms with Crippen molar-refractivity contribution in [3.8, 4) is 5.75 Å². The number of benzene rings is 1. The van der Waals surface area contributed by atoms with Crippen LogP contribution >= 0.6 is 0 Å². The van der Waals surface area contributed by atoms with Crippen molar-refractivity contribution in [3.63, 3.8) is 0 Å². The van der Waals surface area contributed by atoms with E-state index in [1.165, 1.54) is 4.80 Å². The summed E-state index contributed by atoms with van der Waals surface area (Å²) in [4.78, 5) is 13.2. The lowest BCUT2D eigenvalue weighted by atomic mass is 9.86. The monoisotopic (exact) mass is 333 g/mol. The van der Waals surface area contributed by atoms with Crippen LogP contribution in [0.3, 0.4) is 0 Å². The van der Waals surface area contributed by atoms with Crippen molar-refractivity contribution in [2.75, 3.05) is 6.61 Å². The lowest BCUT2D eigenvalue weighted by molar-refractivity contribution is -0.144. The second-order valence-corrected chi connectivity index (χ2v) is 7.05. The molecule has 0 unspecified atom stereocenters. The number of phenolic OH excluding ortho intramolecular Hbond substituents is 1. The molecule has 0 aliphatic rings. The van der Waals surface area contributed by atoms with Crippen LogP contribution in [0.5, 0.6) is 5.75 Å². The number of hydrogen-bond donors (Lipinski definition) is 1. The van der Waals surface area contributed by atoms with Crippen LogP contribution in [-0.2, 0) is 21.5 Å². The smallest absolute Gasteiger partial charge is 0.307 e. The van der Waals surface area contributed by atoms with Gasteiger partial charge in [0.05, 0.1) is 19.6 Å². The molecule has 1 N–H and O–H groups in total. The highest BCUT2D eigenvalue weighted by Crippen LogP contribution is 2.34. The molecule has 1 aromatic heterocycles. The van der Waals surface area contributed by atoms with Crippen molar-refractivity contribution in [1.29, 1.82) is 0 Å². The Morgan fingerprint density at radius 3 is 2.67 bits per heavy atom. The Balaban J connectivity index is 2.01. The first-order chi connectivity index (χ1) is 11.3. The third kappa shape index (κ3) is 4.46. The summed E-state index contributed by atoms with van der Waals surface area (Å²) in [5, 5.41) is 19.1. The Morgan fingerprint density at radius 1 is 1.25 bits per heavy atom. The second kappa shape index (κ2) is 7.64. The molecule has 1 aromatic carbocycles. The van der Waals surface area contributed by atoms with Crippen molar-refractivity contribution in [3.05, 3.63) is 17.7 Å². The molecule has 0 radical (unpaired) electrons. The van der Waals surface area contributed by atoms with E-state index in [9.17, 15) is 9.90 Å². The van der Waals surface area contributed by atoms with Gasteiger partial charge in [-0.15, -0.1) is 5.10 Å². The molecular weight excluding hydrogens is 306 g/mol. The average molecular weight is 333 g/mol. The Labute approximate surface area is 142 Å². The number of aryl methyl sites for hydroxylation is 1. The number of nitrogens with zero attached hydrogens (tertiary/aromatic N) is 3. The lowest BCUT2D eigenvalue weighted by Crippen LogP contribution is -2.12. The first kappa shape index (κ1) is 18.2. The van der Waals surface area contributed by atoms with Gasteiger partial charge in [0.2, 0.25) is 0 Å². The topological polar surface area (TPSA) is 77.2 Å². The summed E-state index contributed by atoms with van der Waals surface area (Å²) >= 11 is 0. The van der Waals surface area contributed by atoms with E-state index >= 15 is 0 Å². The maximum absolute atomic E-state index is 11.7. The zero-order valence-electron chi connectivity index (χ0n) is 15.0. The molecule has 0 atom stereocenters. The van der Waals surface area contributed by atoms with E-state index in [0.717, 1.165) is 24.8 Å². The third-order valence-corrected chi connectivity index (χ3v) is 3.90. The van der Waals surface area contributed by atoms with Crippen LogP contribution in [-0.4, -0.2) is 32.7 Å². The number of rotatable bonds is 7. The molecule has 0 bridgehead atoms. The summed E-state index contributed by atoms with van der Waals surface area (Å²) in [6.45, 7) is 9.02. The number of ether oxygens (including phenoxy) is 1. The molecule has 1 heterocycles. The summed E-state index contributed by atoms with van der Waals surface area (Å²) in [5.41, 5.74) is 1.75. The van der Waals surface area contributed by atoms with Crippen molar-refractivity contribution in [2.24, 2.45) is 0 Å². The minimum absolute atomic E-state index is 0.161. The fraction of sp³-hybridized carbons (Fsp3) is 0.611. The Kier molecular flexibility index (Phi) is 5.80. The molecule has 0 saturated heterocycles. The standard InChI is InChI=1S/C18H27N3O3/c1-5-6-7-12-24-15(22)10-11-21-19-14-9-8-13(18(2,3)4)17(23)16(14)20-21/h8-9,23H,5-7,10-12H2,1-4H3. The van der Waals surface area contributed by atoms with Crippen molar-refractivity contribution >= 4 is 17.0 Å². The minimum Gasteiger partial charge on any atom is -0.505 e. The number of carbonyl (C=O) groups is 1. The predicted octanol–water partition coefficient (Wildman–Crippen LogP) is 3.56. The number of aromatic nitrogens is 3. The van der Waals surface area contributed by atoms with Gasteiger partial charge in [0.1, 0.15) is 11.3 Å². The van der Waals surface area contributed by atoms with Crippen LogP contribution in [0, 0.1) is 0 Å². The third-order valence-electron chi connectivity index (χ3n) is 3.90. The summed E-state index contributed by atoms with van der Waals surface area (Å²) in [7, 11) is 0. The van der Waals surface area contributed by atoms with E-state index in [2.05, 4.69) is 17.1 Å². The summed E-state index contributed by atoms with van der Waals surface area (Å²) in [6.07, 6.45) is 3.28. The van der Waals surface area contributed by atoms with Crippen LogP contribution < -0.4 is 0 Å². The van der Waals surface area contributed by atoms with Crippen LogP contribution in [0.25, 0.3) is 11.0 Å². The van der Waals surface area contributed by atoms with Gasteiger partial charge in [-0.25, -0.2) is 0 Å². The van der Waals surface area contributed by atoms with Crippen molar-refractivity contribution in [1.82, 2.24) is 15.0 Å². The fourth-order valence-electron chi connectivity index (χ4n) is 2.52. The molecule has 0 aliphatic carbocycles. The van der Waals surface area contributed by atoms with Crippen LogP contribution in [0.4, 0.5) is 0 Å². The second-order valence-electron chi connectivity index (χ2n) is 7.05. The Hall–Kier alpha value is -2.11.